The summed E-state index contributed by atoms with van der Waals surface area (Å²) in [5.41, 5.74) is 9.40. The lowest BCUT2D eigenvalue weighted by atomic mass is 10.00. The molecular weight excluding hydrogens is 258 g/mol. The van der Waals surface area contributed by atoms with Gasteiger partial charge in [0.05, 0.1) is 0 Å². The number of ether oxygens (including phenoxy) is 1. The van der Waals surface area contributed by atoms with Gasteiger partial charge in [-0.15, -0.1) is 0 Å². The normalized spacial score (nSPS) is 18.8. The highest BCUT2D eigenvalue weighted by Crippen LogP contribution is 2.39. The van der Waals surface area contributed by atoms with Crippen LogP contribution in [0.4, 0.5) is 0 Å². The van der Waals surface area contributed by atoms with Crippen molar-refractivity contribution in [3.63, 3.8) is 0 Å². The van der Waals surface area contributed by atoms with Gasteiger partial charge in [-0.05, 0) is 30.2 Å². The van der Waals surface area contributed by atoms with Gasteiger partial charge in [0.1, 0.15) is 11.9 Å². The quantitative estimate of drug-likeness (QED) is 0.906. The van der Waals surface area contributed by atoms with Gasteiger partial charge in [-0.25, -0.2) is 0 Å². The largest absolute Gasteiger partial charge is 0.488 e. The average Bonchev–Trinajstić information content (AvgIpc) is 2.83. The molecule has 1 heterocycles. The summed E-state index contributed by atoms with van der Waals surface area (Å²) in [6.45, 7) is 1.98. The molecule has 0 aliphatic carbocycles. The van der Waals surface area contributed by atoms with Gasteiger partial charge >= 0.3 is 0 Å². The number of rotatable bonds is 2. The number of benzene rings is 2. The molecule has 2 aromatic rings. The molecule has 0 amide bonds. The Balaban J connectivity index is 2.02. The third-order valence-corrected chi connectivity index (χ3v) is 3.78. The molecule has 0 saturated carbocycles. The molecule has 2 nitrogen and oxygen atoms in total. The fourth-order valence-corrected chi connectivity index (χ4v) is 2.57. The molecule has 1 aliphatic rings. The lowest BCUT2D eigenvalue weighted by molar-refractivity contribution is 0.207. The zero-order valence-electron chi connectivity index (χ0n) is 10.8. The average molecular weight is 274 g/mol. The van der Waals surface area contributed by atoms with Crippen LogP contribution in [-0.2, 0) is 6.42 Å². The third-order valence-electron chi connectivity index (χ3n) is 3.53. The highest BCUT2D eigenvalue weighted by molar-refractivity contribution is 6.30. The fourth-order valence-electron chi connectivity index (χ4n) is 2.44. The maximum Gasteiger partial charge on any atom is 0.130 e. The van der Waals surface area contributed by atoms with Crippen LogP contribution in [0.2, 0.25) is 5.02 Å². The molecule has 19 heavy (non-hydrogen) atoms. The summed E-state index contributed by atoms with van der Waals surface area (Å²) in [7, 11) is 0. The van der Waals surface area contributed by atoms with E-state index in [1.165, 1.54) is 5.56 Å². The van der Waals surface area contributed by atoms with Gasteiger partial charge in [0, 0.05) is 23.0 Å². The number of fused-ring (bicyclic) bond motifs is 1. The molecule has 0 saturated heterocycles. The summed E-state index contributed by atoms with van der Waals surface area (Å²) in [5, 5.41) is 0.741. The molecule has 2 aromatic carbocycles. The Labute approximate surface area is 118 Å². The van der Waals surface area contributed by atoms with E-state index in [9.17, 15) is 0 Å². The summed E-state index contributed by atoms with van der Waals surface area (Å²) in [4.78, 5) is 0. The van der Waals surface area contributed by atoms with Gasteiger partial charge in [-0.2, -0.15) is 0 Å². The van der Waals surface area contributed by atoms with Gasteiger partial charge < -0.3 is 10.5 Å². The van der Waals surface area contributed by atoms with E-state index in [0.29, 0.717) is 0 Å². The molecular formula is C16H16ClNO. The molecule has 0 radical (unpaired) electrons. The lowest BCUT2D eigenvalue weighted by Gasteiger charge is -2.15. The molecule has 2 unspecified atom stereocenters. The second kappa shape index (κ2) is 4.87. The van der Waals surface area contributed by atoms with Crippen LogP contribution in [0.15, 0.2) is 42.5 Å². The van der Waals surface area contributed by atoms with Crippen molar-refractivity contribution in [1.29, 1.82) is 0 Å². The third kappa shape index (κ3) is 2.34. The number of halogens is 1. The first-order valence-electron chi connectivity index (χ1n) is 6.45. The highest BCUT2D eigenvalue weighted by Gasteiger charge is 2.27. The Morgan fingerprint density at radius 2 is 1.95 bits per heavy atom. The number of hydrogen-bond donors (Lipinski definition) is 1. The molecule has 3 rings (SSSR count). The molecule has 98 valence electrons. The summed E-state index contributed by atoms with van der Waals surface area (Å²) in [6.07, 6.45) is 0.956. The smallest absolute Gasteiger partial charge is 0.130 e. The molecule has 1 aliphatic heterocycles. The van der Waals surface area contributed by atoms with Crippen LogP contribution in [0.1, 0.15) is 12.5 Å². The summed E-state index contributed by atoms with van der Waals surface area (Å²) in [5.74, 6) is 0.965. The van der Waals surface area contributed by atoms with Crippen molar-refractivity contribution >= 4 is 11.6 Å². The molecule has 2 N–H and O–H groups in total. The standard InChI is InChI=1S/C16H16ClNO/c1-10(18)15-9-12-3-2-4-14(16(12)19-15)11-5-7-13(17)8-6-11/h2-8,10,15H,9,18H2,1H3. The predicted octanol–water partition coefficient (Wildman–Crippen LogP) is 3.66. The van der Waals surface area contributed by atoms with Crippen molar-refractivity contribution in [2.45, 2.75) is 25.5 Å². The van der Waals surface area contributed by atoms with Crippen molar-refractivity contribution in [2.24, 2.45) is 5.73 Å². The van der Waals surface area contributed by atoms with Crippen LogP contribution in [0.25, 0.3) is 11.1 Å². The Kier molecular flexibility index (Phi) is 3.21. The maximum absolute atomic E-state index is 6.03. The van der Waals surface area contributed by atoms with Crippen molar-refractivity contribution in [1.82, 2.24) is 0 Å². The first-order chi connectivity index (χ1) is 9.15. The summed E-state index contributed by atoms with van der Waals surface area (Å²) in [6, 6.07) is 14.1. The molecule has 0 bridgehead atoms. The zero-order valence-corrected chi connectivity index (χ0v) is 11.5. The van der Waals surface area contributed by atoms with Crippen LogP contribution in [-0.4, -0.2) is 12.1 Å². The van der Waals surface area contributed by atoms with E-state index < -0.39 is 0 Å². The Morgan fingerprint density at radius 3 is 2.63 bits per heavy atom. The first-order valence-corrected chi connectivity index (χ1v) is 6.83. The molecule has 3 heteroatoms. The van der Waals surface area contributed by atoms with E-state index >= 15 is 0 Å². The number of hydrogen-bond acceptors (Lipinski definition) is 2. The van der Waals surface area contributed by atoms with E-state index in [2.05, 4.69) is 18.2 Å². The van der Waals surface area contributed by atoms with Crippen molar-refractivity contribution in [3.05, 3.63) is 53.1 Å². The van der Waals surface area contributed by atoms with Gasteiger partial charge in [-0.3, -0.25) is 0 Å². The minimum atomic E-state index is 0.0328. The predicted molar refractivity (Wildman–Crippen MR) is 78.7 cm³/mol. The summed E-state index contributed by atoms with van der Waals surface area (Å²) >= 11 is 5.93. The topological polar surface area (TPSA) is 35.2 Å². The maximum atomic E-state index is 6.03. The monoisotopic (exact) mass is 273 g/mol. The minimum absolute atomic E-state index is 0.0328. The van der Waals surface area contributed by atoms with Gasteiger partial charge in [0.2, 0.25) is 0 Å². The van der Waals surface area contributed by atoms with Crippen LogP contribution >= 0.6 is 11.6 Å². The first kappa shape index (κ1) is 12.5. The van der Waals surface area contributed by atoms with E-state index in [1.54, 1.807) is 0 Å². The number of para-hydroxylation sites is 1. The van der Waals surface area contributed by atoms with Crippen LogP contribution in [0.3, 0.4) is 0 Å². The Morgan fingerprint density at radius 1 is 1.21 bits per heavy atom. The van der Waals surface area contributed by atoms with Crippen molar-refractivity contribution < 1.29 is 4.74 Å². The minimum Gasteiger partial charge on any atom is -0.488 e. The number of nitrogens with two attached hydrogens (primary N) is 1. The molecule has 2 atom stereocenters. The van der Waals surface area contributed by atoms with Crippen LogP contribution in [0, 0.1) is 0 Å². The molecule has 0 aromatic heterocycles. The van der Waals surface area contributed by atoms with E-state index in [0.717, 1.165) is 28.3 Å². The SMILES string of the molecule is CC(N)C1Cc2cccc(-c3ccc(Cl)cc3)c2O1. The Bertz CT molecular complexity index is 592. The van der Waals surface area contributed by atoms with E-state index in [4.69, 9.17) is 22.1 Å². The van der Waals surface area contributed by atoms with Crippen LogP contribution in [0.5, 0.6) is 5.75 Å². The van der Waals surface area contributed by atoms with Crippen LogP contribution < -0.4 is 10.5 Å². The van der Waals surface area contributed by atoms with Gasteiger partial charge in [0.25, 0.3) is 0 Å². The van der Waals surface area contributed by atoms with Gasteiger partial charge in [0.15, 0.2) is 0 Å². The van der Waals surface area contributed by atoms with Crippen molar-refractivity contribution in [3.8, 4) is 16.9 Å². The lowest BCUT2D eigenvalue weighted by Crippen LogP contribution is -2.34. The van der Waals surface area contributed by atoms with E-state index in [1.807, 2.05) is 31.2 Å². The second-order valence-corrected chi connectivity index (χ2v) is 5.46. The van der Waals surface area contributed by atoms with Gasteiger partial charge in [-0.1, -0.05) is 41.9 Å². The molecule has 0 fully saturated rings. The van der Waals surface area contributed by atoms with E-state index in [-0.39, 0.29) is 12.1 Å². The fraction of sp³-hybridized carbons (Fsp3) is 0.250. The summed E-state index contributed by atoms with van der Waals surface area (Å²) < 4.78 is 6.03. The van der Waals surface area contributed by atoms with Crippen molar-refractivity contribution in [2.75, 3.05) is 0 Å². The Hall–Kier alpha value is -1.51. The zero-order chi connectivity index (χ0) is 13.4. The second-order valence-electron chi connectivity index (χ2n) is 5.02. The molecule has 0 spiro atoms. The highest BCUT2D eigenvalue weighted by atomic mass is 35.5.